The van der Waals surface area contributed by atoms with Gasteiger partial charge in [-0.2, -0.15) is 0 Å². The predicted molar refractivity (Wildman–Crippen MR) is 51.5 cm³/mol. The van der Waals surface area contributed by atoms with Gasteiger partial charge in [0.05, 0.1) is 7.11 Å². The van der Waals surface area contributed by atoms with Gasteiger partial charge in [-0.25, -0.2) is 4.79 Å². The van der Waals surface area contributed by atoms with Gasteiger partial charge in [0.1, 0.15) is 0 Å². The first-order valence-electron chi connectivity index (χ1n) is 5.03. The summed E-state index contributed by atoms with van der Waals surface area (Å²) in [5, 5.41) is 9.23. The van der Waals surface area contributed by atoms with Crippen LogP contribution in [0.4, 0.5) is 0 Å². The Kier molecular flexibility index (Phi) is 2.14. The fourth-order valence-corrected chi connectivity index (χ4v) is 2.65. The third-order valence-corrected chi connectivity index (χ3v) is 3.83. The van der Waals surface area contributed by atoms with Crippen LogP contribution >= 0.6 is 0 Å². The average Bonchev–Trinajstić information content (AvgIpc) is 2.84. The highest BCUT2D eigenvalue weighted by Crippen LogP contribution is 2.63. The van der Waals surface area contributed by atoms with Crippen molar-refractivity contribution in [3.63, 3.8) is 0 Å². The van der Waals surface area contributed by atoms with Crippen LogP contribution in [-0.4, -0.2) is 24.8 Å². The summed E-state index contributed by atoms with van der Waals surface area (Å²) in [6.07, 6.45) is 3.79. The van der Waals surface area contributed by atoms with E-state index in [2.05, 4.69) is 11.7 Å². The van der Waals surface area contributed by atoms with Crippen molar-refractivity contribution in [1.29, 1.82) is 0 Å². The normalized spacial score (nSPS) is 39.8. The Bertz CT molecular complexity index is 295. The molecule has 0 saturated heterocycles. The van der Waals surface area contributed by atoms with Crippen LogP contribution in [0.1, 0.15) is 19.8 Å². The van der Waals surface area contributed by atoms with Gasteiger partial charge in [-0.3, -0.25) is 0 Å². The predicted octanol–water partition coefficient (Wildman–Crippen LogP) is 1.12. The van der Waals surface area contributed by atoms with Crippen molar-refractivity contribution in [3.8, 4) is 0 Å². The molecule has 2 aliphatic carbocycles. The lowest BCUT2D eigenvalue weighted by molar-refractivity contribution is -0.136. The lowest BCUT2D eigenvalue weighted by Gasteiger charge is -2.08. The molecule has 1 saturated carbocycles. The molecule has 3 atom stereocenters. The van der Waals surface area contributed by atoms with Crippen molar-refractivity contribution in [2.24, 2.45) is 17.3 Å². The lowest BCUT2D eigenvalue weighted by atomic mass is 10.00. The van der Waals surface area contributed by atoms with E-state index in [-0.39, 0.29) is 18.0 Å². The molecule has 0 aromatic carbocycles. The van der Waals surface area contributed by atoms with Gasteiger partial charge >= 0.3 is 5.97 Å². The van der Waals surface area contributed by atoms with Crippen LogP contribution in [0.3, 0.4) is 0 Å². The molecule has 0 bridgehead atoms. The Morgan fingerprint density at radius 2 is 2.50 bits per heavy atom. The van der Waals surface area contributed by atoms with E-state index < -0.39 is 0 Å². The third-order valence-electron chi connectivity index (χ3n) is 3.83. The summed E-state index contributed by atoms with van der Waals surface area (Å²) >= 11 is 0. The summed E-state index contributed by atoms with van der Waals surface area (Å²) in [7, 11) is 1.41. The van der Waals surface area contributed by atoms with Crippen LogP contribution in [0.25, 0.3) is 0 Å². The van der Waals surface area contributed by atoms with Crippen molar-refractivity contribution in [3.05, 3.63) is 11.6 Å². The van der Waals surface area contributed by atoms with Gasteiger partial charge in [-0.15, -0.1) is 0 Å². The van der Waals surface area contributed by atoms with E-state index >= 15 is 0 Å². The molecule has 2 rings (SSSR count). The minimum atomic E-state index is -0.212. The Balaban J connectivity index is 2.13. The Hall–Kier alpha value is -0.830. The van der Waals surface area contributed by atoms with Gasteiger partial charge in [0.15, 0.2) is 0 Å². The van der Waals surface area contributed by atoms with E-state index in [1.165, 1.54) is 7.11 Å². The Morgan fingerprint density at radius 1 is 1.79 bits per heavy atom. The second-order valence-electron chi connectivity index (χ2n) is 4.52. The molecule has 0 aliphatic heterocycles. The van der Waals surface area contributed by atoms with Crippen LogP contribution in [0, 0.1) is 17.3 Å². The maximum absolute atomic E-state index is 11.3. The number of aliphatic hydroxyl groups is 1. The Labute approximate surface area is 83.8 Å². The molecule has 78 valence electrons. The summed E-state index contributed by atoms with van der Waals surface area (Å²) < 4.78 is 4.69. The monoisotopic (exact) mass is 196 g/mol. The summed E-state index contributed by atoms with van der Waals surface area (Å²) in [5.74, 6) is 0.742. The van der Waals surface area contributed by atoms with Crippen LogP contribution in [-0.2, 0) is 9.53 Å². The van der Waals surface area contributed by atoms with E-state index in [1.807, 2.05) is 6.08 Å². The quantitative estimate of drug-likeness (QED) is 0.673. The number of rotatable bonds is 2. The van der Waals surface area contributed by atoms with Crippen LogP contribution in [0.2, 0.25) is 0 Å². The molecular weight excluding hydrogens is 180 g/mol. The third kappa shape index (κ3) is 1.19. The van der Waals surface area contributed by atoms with Gasteiger partial charge in [0.25, 0.3) is 0 Å². The molecule has 14 heavy (non-hydrogen) atoms. The molecule has 0 radical (unpaired) electrons. The molecule has 1 N–H and O–H groups in total. The average molecular weight is 196 g/mol. The standard InChI is InChI=1S/C11H16O3/c1-11(6-12)8-4-3-7(5-9(8)11)10(13)14-2/h5,8-9,12H,3-4,6H2,1-2H3. The highest BCUT2D eigenvalue weighted by molar-refractivity contribution is 5.88. The second-order valence-corrected chi connectivity index (χ2v) is 4.52. The van der Waals surface area contributed by atoms with Gasteiger partial charge in [0.2, 0.25) is 0 Å². The summed E-state index contributed by atoms with van der Waals surface area (Å²) in [4.78, 5) is 11.3. The zero-order chi connectivity index (χ0) is 10.3. The molecule has 0 spiro atoms. The maximum Gasteiger partial charge on any atom is 0.333 e. The molecule has 3 nitrogen and oxygen atoms in total. The number of carbonyl (C=O) groups is 1. The highest BCUT2D eigenvalue weighted by atomic mass is 16.5. The first-order valence-corrected chi connectivity index (χ1v) is 5.03. The van der Waals surface area contributed by atoms with Gasteiger partial charge in [-0.1, -0.05) is 13.0 Å². The number of methoxy groups -OCH3 is 1. The molecule has 3 heteroatoms. The first-order chi connectivity index (χ1) is 6.63. The summed E-state index contributed by atoms with van der Waals surface area (Å²) in [6.45, 7) is 2.30. The lowest BCUT2D eigenvalue weighted by Crippen LogP contribution is -2.08. The largest absolute Gasteiger partial charge is 0.466 e. The second kappa shape index (κ2) is 3.09. The zero-order valence-corrected chi connectivity index (χ0v) is 8.62. The SMILES string of the molecule is COC(=O)C1=CC2C(CC1)C2(C)CO. The number of fused-ring (bicyclic) bond motifs is 1. The fraction of sp³-hybridized carbons (Fsp3) is 0.727. The molecule has 0 amide bonds. The summed E-state index contributed by atoms with van der Waals surface area (Å²) in [6, 6.07) is 0. The van der Waals surface area contributed by atoms with Crippen molar-refractivity contribution >= 4 is 5.97 Å². The number of esters is 1. The number of hydrogen-bond acceptors (Lipinski definition) is 3. The highest BCUT2D eigenvalue weighted by Gasteiger charge is 2.60. The number of carbonyl (C=O) groups excluding carboxylic acids is 1. The smallest absolute Gasteiger partial charge is 0.333 e. The summed E-state index contributed by atoms with van der Waals surface area (Å²) in [5.41, 5.74) is 0.807. The molecule has 1 fully saturated rings. The molecule has 0 aromatic rings. The minimum Gasteiger partial charge on any atom is -0.466 e. The number of ether oxygens (including phenoxy) is 1. The van der Waals surface area contributed by atoms with E-state index in [1.54, 1.807) is 0 Å². The number of allylic oxidation sites excluding steroid dienone is 1. The molecule has 0 aromatic heterocycles. The van der Waals surface area contributed by atoms with E-state index in [0.717, 1.165) is 18.4 Å². The van der Waals surface area contributed by atoms with Crippen molar-refractivity contribution in [2.75, 3.05) is 13.7 Å². The van der Waals surface area contributed by atoms with Crippen LogP contribution in [0.15, 0.2) is 11.6 Å². The Morgan fingerprint density at radius 3 is 3.07 bits per heavy atom. The van der Waals surface area contributed by atoms with E-state index in [0.29, 0.717) is 11.8 Å². The molecular formula is C11H16O3. The van der Waals surface area contributed by atoms with Crippen molar-refractivity contribution < 1.29 is 14.6 Å². The maximum atomic E-state index is 11.3. The van der Waals surface area contributed by atoms with Gasteiger partial charge < -0.3 is 9.84 Å². The van der Waals surface area contributed by atoms with Crippen molar-refractivity contribution in [1.82, 2.24) is 0 Å². The zero-order valence-electron chi connectivity index (χ0n) is 8.62. The molecule has 0 heterocycles. The van der Waals surface area contributed by atoms with Crippen molar-refractivity contribution in [2.45, 2.75) is 19.8 Å². The van der Waals surface area contributed by atoms with Gasteiger partial charge in [-0.05, 0) is 24.7 Å². The minimum absolute atomic E-state index is 0.0236. The van der Waals surface area contributed by atoms with Crippen LogP contribution < -0.4 is 0 Å². The van der Waals surface area contributed by atoms with Crippen LogP contribution in [0.5, 0.6) is 0 Å². The topological polar surface area (TPSA) is 46.5 Å². The molecule has 3 unspecified atom stereocenters. The van der Waals surface area contributed by atoms with E-state index in [9.17, 15) is 9.90 Å². The number of aliphatic hydroxyl groups excluding tert-OH is 1. The van der Waals surface area contributed by atoms with Gasteiger partial charge in [0, 0.05) is 17.6 Å². The molecule has 2 aliphatic rings. The van der Waals surface area contributed by atoms with E-state index in [4.69, 9.17) is 0 Å². The first kappa shape index (κ1) is 9.71. The number of hydrogen-bond donors (Lipinski definition) is 1. The fourth-order valence-electron chi connectivity index (χ4n) is 2.65.